The molecule has 3 aromatic carbocycles. The average molecular weight is 346 g/mol. The SMILES string of the molecule is COc1ccc(CCC(C(=O)c2ccc(O)cc2)c2ccccc2)cc1. The second-order valence-electron chi connectivity index (χ2n) is 6.26. The van der Waals surface area contributed by atoms with Gasteiger partial charge in [-0.1, -0.05) is 42.5 Å². The van der Waals surface area contributed by atoms with Gasteiger partial charge in [-0.05, 0) is 60.4 Å². The standard InChI is InChI=1S/C23H22O3/c1-26-21-14-7-17(8-15-21)9-16-22(18-5-3-2-4-6-18)23(25)19-10-12-20(24)13-11-19/h2-8,10-15,22,24H,9,16H2,1H3. The molecule has 132 valence electrons. The van der Waals surface area contributed by atoms with E-state index in [0.717, 1.165) is 24.2 Å². The average Bonchev–Trinajstić information content (AvgIpc) is 2.70. The van der Waals surface area contributed by atoms with Crippen molar-refractivity contribution in [2.45, 2.75) is 18.8 Å². The number of aryl methyl sites for hydroxylation is 1. The Kier molecular flexibility index (Phi) is 5.69. The van der Waals surface area contributed by atoms with E-state index in [1.165, 1.54) is 5.56 Å². The summed E-state index contributed by atoms with van der Waals surface area (Å²) in [5, 5.41) is 9.47. The van der Waals surface area contributed by atoms with Crippen LogP contribution in [0.1, 0.15) is 33.8 Å². The summed E-state index contributed by atoms with van der Waals surface area (Å²) in [6, 6.07) is 24.3. The third kappa shape index (κ3) is 4.31. The van der Waals surface area contributed by atoms with Gasteiger partial charge in [-0.15, -0.1) is 0 Å². The van der Waals surface area contributed by atoms with Gasteiger partial charge in [-0.3, -0.25) is 4.79 Å². The molecule has 0 aliphatic rings. The maximum Gasteiger partial charge on any atom is 0.170 e. The molecule has 26 heavy (non-hydrogen) atoms. The summed E-state index contributed by atoms with van der Waals surface area (Å²) >= 11 is 0. The molecular formula is C23H22O3. The van der Waals surface area contributed by atoms with E-state index < -0.39 is 0 Å². The minimum atomic E-state index is -0.220. The lowest BCUT2D eigenvalue weighted by molar-refractivity contribution is 0.0955. The Bertz CT molecular complexity index is 837. The van der Waals surface area contributed by atoms with Gasteiger partial charge in [-0.2, -0.15) is 0 Å². The van der Waals surface area contributed by atoms with Crippen LogP contribution in [0.2, 0.25) is 0 Å². The van der Waals surface area contributed by atoms with Gasteiger partial charge in [0, 0.05) is 11.5 Å². The van der Waals surface area contributed by atoms with Crippen LogP contribution < -0.4 is 4.74 Å². The van der Waals surface area contributed by atoms with Crippen molar-refractivity contribution in [3.63, 3.8) is 0 Å². The first-order valence-corrected chi connectivity index (χ1v) is 8.68. The van der Waals surface area contributed by atoms with Crippen LogP contribution in [0.15, 0.2) is 78.9 Å². The van der Waals surface area contributed by atoms with Gasteiger partial charge in [-0.25, -0.2) is 0 Å². The van der Waals surface area contributed by atoms with Crippen molar-refractivity contribution in [3.05, 3.63) is 95.6 Å². The number of phenols is 1. The minimum absolute atomic E-state index is 0.0738. The van der Waals surface area contributed by atoms with Crippen LogP contribution in [0.4, 0.5) is 0 Å². The van der Waals surface area contributed by atoms with E-state index in [-0.39, 0.29) is 17.5 Å². The Labute approximate surface area is 153 Å². The van der Waals surface area contributed by atoms with Crippen LogP contribution in [0.25, 0.3) is 0 Å². The van der Waals surface area contributed by atoms with Crippen LogP contribution in [-0.2, 0) is 6.42 Å². The molecule has 0 aliphatic carbocycles. The first kappa shape index (κ1) is 17.7. The zero-order valence-corrected chi connectivity index (χ0v) is 14.8. The molecule has 0 radical (unpaired) electrons. The second-order valence-corrected chi connectivity index (χ2v) is 6.26. The number of benzene rings is 3. The molecule has 0 fully saturated rings. The molecule has 3 aromatic rings. The number of ketones is 1. The van der Waals surface area contributed by atoms with Crippen molar-refractivity contribution >= 4 is 5.78 Å². The number of hydrogen-bond acceptors (Lipinski definition) is 3. The van der Waals surface area contributed by atoms with Gasteiger partial charge in [0.1, 0.15) is 11.5 Å². The molecule has 0 bridgehead atoms. The molecule has 1 atom stereocenters. The lowest BCUT2D eigenvalue weighted by atomic mass is 9.86. The number of carbonyl (C=O) groups excluding carboxylic acids is 1. The largest absolute Gasteiger partial charge is 0.508 e. The number of methoxy groups -OCH3 is 1. The molecule has 1 unspecified atom stereocenters. The smallest absolute Gasteiger partial charge is 0.170 e. The van der Waals surface area contributed by atoms with Crippen molar-refractivity contribution in [1.82, 2.24) is 0 Å². The monoisotopic (exact) mass is 346 g/mol. The fourth-order valence-electron chi connectivity index (χ4n) is 3.06. The molecule has 0 saturated carbocycles. The predicted octanol–water partition coefficient (Wildman–Crippen LogP) is 5.00. The number of rotatable bonds is 7. The van der Waals surface area contributed by atoms with Gasteiger partial charge in [0.25, 0.3) is 0 Å². The zero-order chi connectivity index (χ0) is 18.4. The molecule has 3 rings (SSSR count). The lowest BCUT2D eigenvalue weighted by Gasteiger charge is -2.17. The molecule has 0 aliphatic heterocycles. The quantitative estimate of drug-likeness (QED) is 0.612. The first-order chi connectivity index (χ1) is 12.7. The van der Waals surface area contributed by atoms with Crippen molar-refractivity contribution < 1.29 is 14.6 Å². The molecule has 0 aromatic heterocycles. The summed E-state index contributed by atoms with van der Waals surface area (Å²) in [6.07, 6.45) is 1.52. The van der Waals surface area contributed by atoms with Crippen molar-refractivity contribution in [2.75, 3.05) is 7.11 Å². The molecule has 0 saturated heterocycles. The maximum absolute atomic E-state index is 13.1. The predicted molar refractivity (Wildman–Crippen MR) is 103 cm³/mol. The van der Waals surface area contributed by atoms with Crippen LogP contribution >= 0.6 is 0 Å². The van der Waals surface area contributed by atoms with E-state index in [1.54, 1.807) is 31.4 Å². The summed E-state index contributed by atoms with van der Waals surface area (Å²) < 4.78 is 5.20. The lowest BCUT2D eigenvalue weighted by Crippen LogP contribution is -2.14. The van der Waals surface area contributed by atoms with Crippen LogP contribution in [0.3, 0.4) is 0 Å². The number of Topliss-reactive ketones (excluding diaryl/α,β-unsaturated/α-hetero) is 1. The van der Waals surface area contributed by atoms with E-state index in [1.807, 2.05) is 54.6 Å². The molecule has 3 heteroatoms. The fourth-order valence-corrected chi connectivity index (χ4v) is 3.06. The van der Waals surface area contributed by atoms with Crippen molar-refractivity contribution in [3.8, 4) is 11.5 Å². The summed E-state index contributed by atoms with van der Waals surface area (Å²) in [5.41, 5.74) is 2.80. The third-order valence-electron chi connectivity index (χ3n) is 4.55. The van der Waals surface area contributed by atoms with Crippen LogP contribution in [0, 0.1) is 0 Å². The highest BCUT2D eigenvalue weighted by molar-refractivity contribution is 6.01. The molecule has 1 N–H and O–H groups in total. The molecule has 0 spiro atoms. The van der Waals surface area contributed by atoms with Crippen molar-refractivity contribution in [1.29, 1.82) is 0 Å². The molecular weight excluding hydrogens is 324 g/mol. The number of phenolic OH excluding ortho intramolecular Hbond substituents is 1. The van der Waals surface area contributed by atoms with Gasteiger partial charge >= 0.3 is 0 Å². The topological polar surface area (TPSA) is 46.5 Å². The Morgan fingerprint density at radius 3 is 2.19 bits per heavy atom. The Morgan fingerprint density at radius 2 is 1.58 bits per heavy atom. The third-order valence-corrected chi connectivity index (χ3v) is 4.55. The minimum Gasteiger partial charge on any atom is -0.508 e. The highest BCUT2D eigenvalue weighted by atomic mass is 16.5. The normalized spacial score (nSPS) is 11.7. The van der Waals surface area contributed by atoms with Gasteiger partial charge in [0.15, 0.2) is 5.78 Å². The van der Waals surface area contributed by atoms with Crippen LogP contribution in [-0.4, -0.2) is 18.0 Å². The highest BCUT2D eigenvalue weighted by Gasteiger charge is 2.22. The maximum atomic E-state index is 13.1. The second kappa shape index (κ2) is 8.34. The Morgan fingerprint density at radius 1 is 0.923 bits per heavy atom. The first-order valence-electron chi connectivity index (χ1n) is 8.68. The zero-order valence-electron chi connectivity index (χ0n) is 14.8. The van der Waals surface area contributed by atoms with E-state index in [4.69, 9.17) is 4.74 Å². The van der Waals surface area contributed by atoms with Gasteiger partial charge in [0.2, 0.25) is 0 Å². The Hall–Kier alpha value is -3.07. The van der Waals surface area contributed by atoms with Gasteiger partial charge in [0.05, 0.1) is 7.11 Å². The molecule has 0 amide bonds. The number of aromatic hydroxyl groups is 1. The highest BCUT2D eigenvalue weighted by Crippen LogP contribution is 2.27. The van der Waals surface area contributed by atoms with Gasteiger partial charge < -0.3 is 9.84 Å². The molecule has 0 heterocycles. The summed E-state index contributed by atoms with van der Waals surface area (Å²) in [7, 11) is 1.65. The molecule has 3 nitrogen and oxygen atoms in total. The summed E-state index contributed by atoms with van der Waals surface area (Å²) in [5.74, 6) is 0.845. The number of ether oxygens (including phenoxy) is 1. The summed E-state index contributed by atoms with van der Waals surface area (Å²) in [6.45, 7) is 0. The number of carbonyl (C=O) groups is 1. The summed E-state index contributed by atoms with van der Waals surface area (Å²) in [4.78, 5) is 13.1. The van der Waals surface area contributed by atoms with E-state index in [9.17, 15) is 9.90 Å². The van der Waals surface area contributed by atoms with Crippen molar-refractivity contribution in [2.24, 2.45) is 0 Å². The Balaban J connectivity index is 1.81. The van der Waals surface area contributed by atoms with E-state index in [2.05, 4.69) is 0 Å². The van der Waals surface area contributed by atoms with E-state index in [0.29, 0.717) is 5.56 Å². The van der Waals surface area contributed by atoms with E-state index >= 15 is 0 Å². The number of hydrogen-bond donors (Lipinski definition) is 1. The fraction of sp³-hybridized carbons (Fsp3) is 0.174. The van der Waals surface area contributed by atoms with Crippen LogP contribution in [0.5, 0.6) is 11.5 Å².